The van der Waals surface area contributed by atoms with E-state index < -0.39 is 0 Å². The van der Waals surface area contributed by atoms with Crippen LogP contribution in [0.1, 0.15) is 44.8 Å². The number of rotatable bonds is 2. The molecular weight excluding hydrogens is 188 g/mol. The molecule has 1 aromatic rings. The molecule has 2 heterocycles. The van der Waals surface area contributed by atoms with Crippen LogP contribution >= 0.6 is 0 Å². The average Bonchev–Trinajstić information content (AvgIpc) is 2.59. The van der Waals surface area contributed by atoms with Crippen LogP contribution in [0.5, 0.6) is 0 Å². The fraction of sp³-hybridized carbons (Fsp3) is 0.818. The summed E-state index contributed by atoms with van der Waals surface area (Å²) in [6, 6.07) is 0.262. The van der Waals surface area contributed by atoms with E-state index in [1.807, 2.05) is 4.68 Å². The van der Waals surface area contributed by atoms with Gasteiger partial charge < -0.3 is 5.73 Å². The van der Waals surface area contributed by atoms with E-state index in [4.69, 9.17) is 5.73 Å². The molecule has 1 aliphatic rings. The Morgan fingerprint density at radius 1 is 1.40 bits per heavy atom. The molecule has 0 bridgehead atoms. The third-order valence-corrected chi connectivity index (χ3v) is 3.18. The zero-order chi connectivity index (χ0) is 11.0. The third kappa shape index (κ3) is 2.04. The van der Waals surface area contributed by atoms with Crippen molar-refractivity contribution in [3.05, 3.63) is 11.6 Å². The smallest absolute Gasteiger partial charge is 0.153 e. The fourth-order valence-electron chi connectivity index (χ4n) is 2.04. The summed E-state index contributed by atoms with van der Waals surface area (Å²) in [6.07, 6.45) is 2.11. The van der Waals surface area contributed by atoms with Crippen molar-refractivity contribution >= 4 is 0 Å². The number of hydrogen-bond donors (Lipinski definition) is 1. The molecule has 84 valence electrons. The second-order valence-electron chi connectivity index (χ2n) is 4.88. The van der Waals surface area contributed by atoms with Crippen LogP contribution in [0, 0.1) is 5.92 Å². The zero-order valence-electron chi connectivity index (χ0n) is 9.77. The van der Waals surface area contributed by atoms with E-state index in [0.29, 0.717) is 11.8 Å². The van der Waals surface area contributed by atoms with Crippen LogP contribution in [0.4, 0.5) is 0 Å². The van der Waals surface area contributed by atoms with Gasteiger partial charge in [0.15, 0.2) is 5.82 Å². The topological polar surface area (TPSA) is 56.7 Å². The van der Waals surface area contributed by atoms with Gasteiger partial charge in [-0.25, -0.2) is 9.67 Å². The van der Waals surface area contributed by atoms with Crippen molar-refractivity contribution in [1.82, 2.24) is 14.8 Å². The maximum atomic E-state index is 5.93. The van der Waals surface area contributed by atoms with Crippen LogP contribution in [0.25, 0.3) is 0 Å². The molecule has 2 rings (SSSR count). The van der Waals surface area contributed by atoms with Gasteiger partial charge in [-0.1, -0.05) is 13.8 Å². The van der Waals surface area contributed by atoms with Crippen molar-refractivity contribution in [3.8, 4) is 0 Å². The molecule has 4 heteroatoms. The Morgan fingerprint density at radius 3 is 2.73 bits per heavy atom. The van der Waals surface area contributed by atoms with Gasteiger partial charge in [0.25, 0.3) is 0 Å². The monoisotopic (exact) mass is 208 g/mol. The van der Waals surface area contributed by atoms with E-state index in [2.05, 4.69) is 30.9 Å². The lowest BCUT2D eigenvalue weighted by Gasteiger charge is -2.24. The van der Waals surface area contributed by atoms with Crippen molar-refractivity contribution in [2.75, 3.05) is 0 Å². The minimum Gasteiger partial charge on any atom is -0.328 e. The van der Waals surface area contributed by atoms with Gasteiger partial charge in [-0.2, -0.15) is 5.10 Å². The summed E-state index contributed by atoms with van der Waals surface area (Å²) in [4.78, 5) is 4.58. The molecule has 0 spiro atoms. The highest BCUT2D eigenvalue weighted by Crippen LogP contribution is 2.22. The van der Waals surface area contributed by atoms with Crippen LogP contribution in [-0.2, 0) is 13.0 Å². The molecule has 2 atom stereocenters. The van der Waals surface area contributed by atoms with Gasteiger partial charge in [-0.05, 0) is 19.3 Å². The first-order valence-corrected chi connectivity index (χ1v) is 5.77. The van der Waals surface area contributed by atoms with Crippen LogP contribution in [0.3, 0.4) is 0 Å². The highest BCUT2D eigenvalue weighted by Gasteiger charge is 2.24. The normalized spacial score (nSPS) is 22.9. The summed E-state index contributed by atoms with van der Waals surface area (Å²) in [5.41, 5.74) is 5.93. The molecular formula is C11H20N4. The molecule has 0 saturated carbocycles. The number of aryl methyl sites for hydroxylation is 1. The first-order valence-electron chi connectivity index (χ1n) is 5.77. The van der Waals surface area contributed by atoms with Gasteiger partial charge in [0.05, 0.1) is 0 Å². The maximum absolute atomic E-state index is 5.93. The van der Waals surface area contributed by atoms with Crippen LogP contribution in [0.2, 0.25) is 0 Å². The Morgan fingerprint density at radius 2 is 2.13 bits per heavy atom. The molecule has 2 unspecified atom stereocenters. The van der Waals surface area contributed by atoms with E-state index >= 15 is 0 Å². The Bertz CT molecular complexity index is 340. The summed E-state index contributed by atoms with van der Waals surface area (Å²) < 4.78 is 2.05. The molecule has 0 radical (unpaired) electrons. The van der Waals surface area contributed by atoms with Gasteiger partial charge in [-0.3, -0.25) is 0 Å². The van der Waals surface area contributed by atoms with E-state index in [0.717, 1.165) is 31.0 Å². The molecule has 0 fully saturated rings. The lowest BCUT2D eigenvalue weighted by molar-refractivity contribution is 0.323. The highest BCUT2D eigenvalue weighted by molar-refractivity contribution is 5.01. The number of nitrogens with zero attached hydrogens (tertiary/aromatic N) is 3. The second kappa shape index (κ2) is 3.93. The minimum atomic E-state index is 0.262. The van der Waals surface area contributed by atoms with E-state index in [9.17, 15) is 0 Å². The molecule has 2 N–H and O–H groups in total. The van der Waals surface area contributed by atoms with Gasteiger partial charge in [0, 0.05) is 24.9 Å². The Hall–Kier alpha value is -0.900. The van der Waals surface area contributed by atoms with Gasteiger partial charge >= 0.3 is 0 Å². The highest BCUT2D eigenvalue weighted by atomic mass is 15.4. The van der Waals surface area contributed by atoms with E-state index in [1.54, 1.807) is 0 Å². The summed E-state index contributed by atoms with van der Waals surface area (Å²) >= 11 is 0. The number of nitrogens with two attached hydrogens (primary N) is 1. The van der Waals surface area contributed by atoms with Gasteiger partial charge in [0.1, 0.15) is 5.82 Å². The predicted molar refractivity (Wildman–Crippen MR) is 59.6 cm³/mol. The first-order chi connectivity index (χ1) is 7.08. The Labute approximate surface area is 90.9 Å². The predicted octanol–water partition coefficient (Wildman–Crippen LogP) is 1.31. The van der Waals surface area contributed by atoms with Gasteiger partial charge in [-0.15, -0.1) is 0 Å². The lowest BCUT2D eigenvalue weighted by atomic mass is 9.92. The Balaban J connectivity index is 2.19. The van der Waals surface area contributed by atoms with Crippen LogP contribution < -0.4 is 5.73 Å². The number of hydrogen-bond acceptors (Lipinski definition) is 3. The fourth-order valence-corrected chi connectivity index (χ4v) is 2.04. The average molecular weight is 208 g/mol. The van der Waals surface area contributed by atoms with Crippen molar-refractivity contribution in [2.45, 2.75) is 52.1 Å². The lowest BCUT2D eigenvalue weighted by Crippen LogP contribution is -2.33. The number of fused-ring (bicyclic) bond motifs is 1. The van der Waals surface area contributed by atoms with Crippen molar-refractivity contribution in [3.63, 3.8) is 0 Å². The van der Waals surface area contributed by atoms with Crippen molar-refractivity contribution < 1.29 is 0 Å². The third-order valence-electron chi connectivity index (χ3n) is 3.18. The van der Waals surface area contributed by atoms with Crippen molar-refractivity contribution in [1.29, 1.82) is 0 Å². The Kier molecular flexibility index (Phi) is 2.78. The SMILES string of the molecule is CC(C)c1nc2n(n1)CCC(C(C)N)C2. The summed E-state index contributed by atoms with van der Waals surface area (Å²) in [5.74, 6) is 3.07. The maximum Gasteiger partial charge on any atom is 0.153 e. The largest absolute Gasteiger partial charge is 0.328 e. The number of aromatic nitrogens is 3. The molecule has 0 aliphatic carbocycles. The standard InChI is InChI=1S/C11H20N4/c1-7(2)11-13-10-6-9(8(3)12)4-5-15(10)14-11/h7-9H,4-6,12H2,1-3H3. The molecule has 1 aliphatic heterocycles. The second-order valence-corrected chi connectivity index (χ2v) is 4.88. The molecule has 0 aromatic carbocycles. The van der Waals surface area contributed by atoms with Crippen molar-refractivity contribution in [2.24, 2.45) is 11.7 Å². The molecule has 1 aromatic heterocycles. The molecule has 15 heavy (non-hydrogen) atoms. The van der Waals surface area contributed by atoms with E-state index in [-0.39, 0.29) is 6.04 Å². The molecule has 0 amide bonds. The summed E-state index contributed by atoms with van der Waals surface area (Å²) in [6.45, 7) is 7.32. The van der Waals surface area contributed by atoms with Crippen LogP contribution in [-0.4, -0.2) is 20.8 Å². The summed E-state index contributed by atoms with van der Waals surface area (Å²) in [7, 11) is 0. The van der Waals surface area contributed by atoms with E-state index in [1.165, 1.54) is 0 Å². The van der Waals surface area contributed by atoms with Gasteiger partial charge in [0.2, 0.25) is 0 Å². The summed E-state index contributed by atoms with van der Waals surface area (Å²) in [5, 5.41) is 4.51. The first kappa shape index (κ1) is 10.6. The minimum absolute atomic E-state index is 0.262. The quantitative estimate of drug-likeness (QED) is 0.797. The molecule has 4 nitrogen and oxygen atoms in total. The van der Waals surface area contributed by atoms with Crippen LogP contribution in [0.15, 0.2) is 0 Å². The molecule has 0 saturated heterocycles. The zero-order valence-corrected chi connectivity index (χ0v) is 9.77.